The van der Waals surface area contributed by atoms with E-state index in [0.717, 1.165) is 58.5 Å². The largest absolute Gasteiger partial charge is 0.356 e. The minimum absolute atomic E-state index is 0.202. The van der Waals surface area contributed by atoms with E-state index in [9.17, 15) is 4.79 Å². The number of amides is 1. The number of hydrogen-bond acceptors (Lipinski definition) is 3. The number of carbonyl (C=O) groups excluding carboxylic acids is 1. The SMILES string of the molecule is O=C(CC1=CCCCC1)NCCCN1CCNCC1. The lowest BCUT2D eigenvalue weighted by Gasteiger charge is -2.27. The molecule has 0 radical (unpaired) electrons. The monoisotopic (exact) mass is 265 g/mol. The van der Waals surface area contributed by atoms with Gasteiger partial charge in [0.2, 0.25) is 5.91 Å². The van der Waals surface area contributed by atoms with Crippen molar-refractivity contribution in [1.29, 1.82) is 0 Å². The van der Waals surface area contributed by atoms with Gasteiger partial charge >= 0.3 is 0 Å². The summed E-state index contributed by atoms with van der Waals surface area (Å²) in [7, 11) is 0. The number of nitrogens with zero attached hydrogens (tertiary/aromatic N) is 1. The van der Waals surface area contributed by atoms with Crippen LogP contribution in [-0.4, -0.2) is 50.1 Å². The van der Waals surface area contributed by atoms with Crippen molar-refractivity contribution in [2.75, 3.05) is 39.3 Å². The van der Waals surface area contributed by atoms with Gasteiger partial charge in [-0.15, -0.1) is 0 Å². The molecule has 2 rings (SSSR count). The highest BCUT2D eigenvalue weighted by Crippen LogP contribution is 2.19. The Labute approximate surface area is 116 Å². The zero-order valence-corrected chi connectivity index (χ0v) is 11.9. The average Bonchev–Trinajstić information content (AvgIpc) is 2.46. The Morgan fingerprint density at radius 1 is 1.32 bits per heavy atom. The molecule has 0 unspecified atom stereocenters. The van der Waals surface area contributed by atoms with E-state index in [1.807, 2.05) is 0 Å². The zero-order valence-electron chi connectivity index (χ0n) is 11.9. The Kier molecular flexibility index (Phi) is 6.37. The van der Waals surface area contributed by atoms with Crippen LogP contribution < -0.4 is 10.6 Å². The summed E-state index contributed by atoms with van der Waals surface area (Å²) in [5.74, 6) is 0.202. The maximum atomic E-state index is 11.8. The first-order valence-electron chi connectivity index (χ1n) is 7.72. The number of hydrogen-bond donors (Lipinski definition) is 2. The van der Waals surface area contributed by atoms with Crippen molar-refractivity contribution in [2.45, 2.75) is 38.5 Å². The highest BCUT2D eigenvalue weighted by atomic mass is 16.1. The molecule has 1 fully saturated rings. The van der Waals surface area contributed by atoms with Crippen molar-refractivity contribution in [2.24, 2.45) is 0 Å². The highest BCUT2D eigenvalue weighted by molar-refractivity contribution is 5.78. The summed E-state index contributed by atoms with van der Waals surface area (Å²) in [6.07, 6.45) is 8.75. The van der Waals surface area contributed by atoms with Crippen LogP contribution in [0.1, 0.15) is 38.5 Å². The maximum absolute atomic E-state index is 11.8. The summed E-state index contributed by atoms with van der Waals surface area (Å²) in [6.45, 7) is 6.39. The van der Waals surface area contributed by atoms with E-state index in [0.29, 0.717) is 6.42 Å². The van der Waals surface area contributed by atoms with Gasteiger partial charge in [-0.3, -0.25) is 4.79 Å². The second-order valence-corrected chi connectivity index (χ2v) is 5.58. The van der Waals surface area contributed by atoms with Gasteiger partial charge in [0.05, 0.1) is 0 Å². The first kappa shape index (κ1) is 14.5. The van der Waals surface area contributed by atoms with Crippen molar-refractivity contribution in [3.05, 3.63) is 11.6 Å². The topological polar surface area (TPSA) is 44.4 Å². The zero-order chi connectivity index (χ0) is 13.3. The minimum atomic E-state index is 0.202. The molecule has 0 bridgehead atoms. The molecule has 0 aromatic rings. The van der Waals surface area contributed by atoms with Gasteiger partial charge in [0.25, 0.3) is 0 Å². The molecule has 1 amide bonds. The lowest BCUT2D eigenvalue weighted by Crippen LogP contribution is -2.44. The molecule has 108 valence electrons. The Balaban J connectivity index is 1.52. The smallest absolute Gasteiger partial charge is 0.224 e. The second-order valence-electron chi connectivity index (χ2n) is 5.58. The Morgan fingerprint density at radius 3 is 2.89 bits per heavy atom. The first-order chi connectivity index (χ1) is 9.34. The van der Waals surface area contributed by atoms with E-state index in [1.165, 1.54) is 18.4 Å². The molecule has 0 saturated carbocycles. The van der Waals surface area contributed by atoms with Crippen LogP contribution in [-0.2, 0) is 4.79 Å². The van der Waals surface area contributed by atoms with Crippen molar-refractivity contribution >= 4 is 5.91 Å². The van der Waals surface area contributed by atoms with Crippen LogP contribution >= 0.6 is 0 Å². The van der Waals surface area contributed by atoms with E-state index in [-0.39, 0.29) is 5.91 Å². The van der Waals surface area contributed by atoms with Gasteiger partial charge in [-0.2, -0.15) is 0 Å². The molecule has 0 aromatic carbocycles. The van der Waals surface area contributed by atoms with Crippen LogP contribution in [0.5, 0.6) is 0 Å². The first-order valence-corrected chi connectivity index (χ1v) is 7.72. The van der Waals surface area contributed by atoms with Crippen LogP contribution in [0.2, 0.25) is 0 Å². The molecular weight excluding hydrogens is 238 g/mol. The molecule has 4 nitrogen and oxygen atoms in total. The van der Waals surface area contributed by atoms with Crippen molar-refractivity contribution in [3.8, 4) is 0 Å². The van der Waals surface area contributed by atoms with E-state index in [4.69, 9.17) is 0 Å². The molecule has 0 atom stereocenters. The van der Waals surface area contributed by atoms with Gasteiger partial charge in [-0.05, 0) is 38.6 Å². The lowest BCUT2D eigenvalue weighted by molar-refractivity contribution is -0.120. The van der Waals surface area contributed by atoms with Crippen LogP contribution in [0, 0.1) is 0 Å². The summed E-state index contributed by atoms with van der Waals surface area (Å²) in [4.78, 5) is 14.3. The van der Waals surface area contributed by atoms with E-state index in [2.05, 4.69) is 21.6 Å². The predicted molar refractivity (Wildman–Crippen MR) is 78.1 cm³/mol. The lowest BCUT2D eigenvalue weighted by atomic mass is 9.97. The van der Waals surface area contributed by atoms with Crippen LogP contribution in [0.4, 0.5) is 0 Å². The van der Waals surface area contributed by atoms with Crippen molar-refractivity contribution in [1.82, 2.24) is 15.5 Å². The number of carbonyl (C=O) groups is 1. The third-order valence-corrected chi connectivity index (χ3v) is 3.96. The molecular formula is C15H27N3O. The summed E-state index contributed by atoms with van der Waals surface area (Å²) in [6, 6.07) is 0. The number of rotatable bonds is 6. The maximum Gasteiger partial charge on any atom is 0.224 e. The fraction of sp³-hybridized carbons (Fsp3) is 0.800. The second kappa shape index (κ2) is 8.33. The van der Waals surface area contributed by atoms with E-state index >= 15 is 0 Å². The minimum Gasteiger partial charge on any atom is -0.356 e. The number of nitrogens with one attached hydrogen (secondary N) is 2. The fourth-order valence-electron chi connectivity index (χ4n) is 2.80. The molecule has 1 heterocycles. The quantitative estimate of drug-likeness (QED) is 0.562. The average molecular weight is 265 g/mol. The molecule has 2 N–H and O–H groups in total. The molecule has 2 aliphatic rings. The van der Waals surface area contributed by atoms with Gasteiger partial charge in [0.1, 0.15) is 0 Å². The predicted octanol–water partition coefficient (Wildman–Crippen LogP) is 1.29. The molecule has 1 saturated heterocycles. The molecule has 1 aliphatic carbocycles. The summed E-state index contributed by atoms with van der Waals surface area (Å²) < 4.78 is 0. The molecule has 1 aliphatic heterocycles. The third kappa shape index (κ3) is 5.74. The van der Waals surface area contributed by atoms with Crippen molar-refractivity contribution in [3.63, 3.8) is 0 Å². The van der Waals surface area contributed by atoms with Gasteiger partial charge in [0, 0.05) is 39.1 Å². The van der Waals surface area contributed by atoms with Gasteiger partial charge in [-0.25, -0.2) is 0 Å². The summed E-state index contributed by atoms with van der Waals surface area (Å²) in [5.41, 5.74) is 1.34. The normalized spacial score (nSPS) is 20.9. The fourth-order valence-corrected chi connectivity index (χ4v) is 2.80. The molecule has 0 spiro atoms. The van der Waals surface area contributed by atoms with Crippen LogP contribution in [0.15, 0.2) is 11.6 Å². The molecule has 19 heavy (non-hydrogen) atoms. The Hall–Kier alpha value is -0.870. The van der Waals surface area contributed by atoms with E-state index < -0.39 is 0 Å². The molecule has 4 heteroatoms. The summed E-state index contributed by atoms with van der Waals surface area (Å²) >= 11 is 0. The standard InChI is InChI=1S/C15H27N3O/c19-15(13-14-5-2-1-3-6-14)17-7-4-10-18-11-8-16-9-12-18/h5,16H,1-4,6-13H2,(H,17,19). The number of piperazine rings is 1. The number of allylic oxidation sites excluding steroid dienone is 1. The van der Waals surface area contributed by atoms with Crippen molar-refractivity contribution < 1.29 is 4.79 Å². The highest BCUT2D eigenvalue weighted by Gasteiger charge is 2.10. The van der Waals surface area contributed by atoms with E-state index in [1.54, 1.807) is 0 Å². The van der Waals surface area contributed by atoms with Gasteiger partial charge < -0.3 is 15.5 Å². The van der Waals surface area contributed by atoms with Gasteiger partial charge in [0.15, 0.2) is 0 Å². The third-order valence-electron chi connectivity index (χ3n) is 3.96. The van der Waals surface area contributed by atoms with Crippen LogP contribution in [0.25, 0.3) is 0 Å². The Morgan fingerprint density at radius 2 is 2.16 bits per heavy atom. The summed E-state index contributed by atoms with van der Waals surface area (Å²) in [5, 5.41) is 6.40. The van der Waals surface area contributed by atoms with Gasteiger partial charge in [-0.1, -0.05) is 11.6 Å². The van der Waals surface area contributed by atoms with Crippen LogP contribution in [0.3, 0.4) is 0 Å². The Bertz CT molecular complexity index is 309. The molecule has 0 aromatic heterocycles.